The number of ketones is 1. The molecule has 0 aliphatic heterocycles. The number of hydrogen-bond acceptors (Lipinski definition) is 3. The van der Waals surface area contributed by atoms with Crippen LogP contribution >= 0.6 is 11.3 Å². The van der Waals surface area contributed by atoms with E-state index in [1.165, 1.54) is 16.9 Å². The normalized spacial score (nSPS) is 10.7. The molecule has 0 saturated heterocycles. The second-order valence-electron chi connectivity index (χ2n) is 4.73. The summed E-state index contributed by atoms with van der Waals surface area (Å²) in [6.45, 7) is 9.92. The van der Waals surface area contributed by atoms with Crippen LogP contribution in [0.5, 0.6) is 0 Å². The molecule has 18 heavy (non-hydrogen) atoms. The largest absolute Gasteiger partial charge is 0.288 e. The molecule has 0 aliphatic rings. The molecule has 0 spiro atoms. The van der Waals surface area contributed by atoms with E-state index in [2.05, 4.69) is 18.0 Å². The number of benzene rings is 1. The Hall–Kier alpha value is -1.48. The second-order valence-corrected chi connectivity index (χ2v) is 5.93. The Bertz CT molecular complexity index is 626. The van der Waals surface area contributed by atoms with Gasteiger partial charge in [0, 0.05) is 5.56 Å². The fraction of sp³-hybridized carbons (Fsp3) is 0.333. The van der Waals surface area contributed by atoms with E-state index in [0.29, 0.717) is 0 Å². The molecule has 0 fully saturated rings. The number of carbonyl (C=O) groups excluding carboxylic acids is 1. The van der Waals surface area contributed by atoms with Gasteiger partial charge in [-0.05, 0) is 57.4 Å². The van der Waals surface area contributed by atoms with Crippen LogP contribution < -0.4 is 0 Å². The molecule has 0 aliphatic carbocycles. The van der Waals surface area contributed by atoms with E-state index in [0.717, 1.165) is 32.3 Å². The molecule has 0 unspecified atom stereocenters. The molecule has 0 amide bonds. The SMILES string of the molecule is Cc1nc(C)c(C(=O)c2cc(C)c(C)cc2C)s1. The maximum Gasteiger partial charge on any atom is 0.205 e. The summed E-state index contributed by atoms with van der Waals surface area (Å²) in [6.07, 6.45) is 0. The van der Waals surface area contributed by atoms with Gasteiger partial charge in [-0.15, -0.1) is 11.3 Å². The molecule has 3 heteroatoms. The van der Waals surface area contributed by atoms with E-state index in [-0.39, 0.29) is 5.78 Å². The molecule has 2 aromatic rings. The Morgan fingerprint density at radius 3 is 2.17 bits per heavy atom. The lowest BCUT2D eigenvalue weighted by atomic mass is 9.97. The number of aromatic nitrogens is 1. The molecule has 1 aromatic heterocycles. The monoisotopic (exact) mass is 259 g/mol. The predicted octanol–water partition coefficient (Wildman–Crippen LogP) is 3.92. The molecule has 1 heterocycles. The number of carbonyl (C=O) groups is 1. The van der Waals surface area contributed by atoms with Crippen molar-refractivity contribution in [2.45, 2.75) is 34.6 Å². The third kappa shape index (κ3) is 2.23. The molecule has 0 saturated carbocycles. The van der Waals surface area contributed by atoms with Crippen molar-refractivity contribution in [1.29, 1.82) is 0 Å². The van der Waals surface area contributed by atoms with Gasteiger partial charge in [-0.3, -0.25) is 4.79 Å². The summed E-state index contributed by atoms with van der Waals surface area (Å²) in [6, 6.07) is 4.06. The van der Waals surface area contributed by atoms with Gasteiger partial charge in [0.15, 0.2) is 0 Å². The summed E-state index contributed by atoms with van der Waals surface area (Å²) in [7, 11) is 0. The Kier molecular flexibility index (Phi) is 3.35. The lowest BCUT2D eigenvalue weighted by molar-refractivity contribution is 0.104. The van der Waals surface area contributed by atoms with Crippen LogP contribution in [0.3, 0.4) is 0 Å². The summed E-state index contributed by atoms with van der Waals surface area (Å²) in [5.41, 5.74) is 5.04. The lowest BCUT2D eigenvalue weighted by Gasteiger charge is -2.08. The van der Waals surface area contributed by atoms with E-state index in [1.54, 1.807) is 0 Å². The lowest BCUT2D eigenvalue weighted by Crippen LogP contribution is -2.04. The fourth-order valence-corrected chi connectivity index (χ4v) is 2.94. The van der Waals surface area contributed by atoms with Crippen LogP contribution in [0.25, 0.3) is 0 Å². The number of aryl methyl sites for hydroxylation is 5. The van der Waals surface area contributed by atoms with Crippen molar-refractivity contribution < 1.29 is 4.79 Å². The summed E-state index contributed by atoms with van der Waals surface area (Å²) in [5, 5.41) is 0.942. The van der Waals surface area contributed by atoms with Crippen LogP contribution in [0.15, 0.2) is 12.1 Å². The minimum absolute atomic E-state index is 0.0960. The van der Waals surface area contributed by atoms with E-state index < -0.39 is 0 Å². The average Bonchev–Trinajstić information content (AvgIpc) is 2.62. The molecule has 0 N–H and O–H groups in total. The zero-order valence-corrected chi connectivity index (χ0v) is 12.2. The molecule has 2 rings (SSSR count). The van der Waals surface area contributed by atoms with Crippen LogP contribution in [0.1, 0.15) is 42.6 Å². The molecule has 2 nitrogen and oxygen atoms in total. The van der Waals surface area contributed by atoms with E-state index in [9.17, 15) is 4.79 Å². The van der Waals surface area contributed by atoms with Gasteiger partial charge >= 0.3 is 0 Å². The number of rotatable bonds is 2. The van der Waals surface area contributed by atoms with Crippen molar-refractivity contribution in [2.75, 3.05) is 0 Å². The smallest absolute Gasteiger partial charge is 0.205 e. The van der Waals surface area contributed by atoms with Gasteiger partial charge in [0.1, 0.15) is 0 Å². The zero-order chi connectivity index (χ0) is 13.4. The van der Waals surface area contributed by atoms with Crippen LogP contribution in [-0.2, 0) is 0 Å². The zero-order valence-electron chi connectivity index (χ0n) is 11.4. The van der Waals surface area contributed by atoms with Crippen molar-refractivity contribution in [3.8, 4) is 0 Å². The molecule has 0 bridgehead atoms. The summed E-state index contributed by atoms with van der Waals surface area (Å²) in [4.78, 5) is 17.6. The highest BCUT2D eigenvalue weighted by atomic mass is 32.1. The maximum absolute atomic E-state index is 12.5. The van der Waals surface area contributed by atoms with Gasteiger partial charge < -0.3 is 0 Å². The highest BCUT2D eigenvalue weighted by molar-refractivity contribution is 7.14. The van der Waals surface area contributed by atoms with Crippen molar-refractivity contribution in [2.24, 2.45) is 0 Å². The molecule has 0 atom stereocenters. The molecule has 94 valence electrons. The summed E-state index contributed by atoms with van der Waals surface area (Å²) < 4.78 is 0. The van der Waals surface area contributed by atoms with Crippen LogP contribution in [0.4, 0.5) is 0 Å². The van der Waals surface area contributed by atoms with E-state index in [1.807, 2.05) is 33.8 Å². The Morgan fingerprint density at radius 2 is 1.61 bits per heavy atom. The second kappa shape index (κ2) is 4.65. The van der Waals surface area contributed by atoms with Crippen molar-refractivity contribution in [3.63, 3.8) is 0 Å². The Morgan fingerprint density at radius 1 is 1.00 bits per heavy atom. The fourth-order valence-electron chi connectivity index (χ4n) is 2.07. The first-order valence-corrected chi connectivity index (χ1v) is 6.78. The van der Waals surface area contributed by atoms with Gasteiger partial charge in [-0.1, -0.05) is 6.07 Å². The summed E-state index contributed by atoms with van der Waals surface area (Å²) >= 11 is 1.48. The average molecular weight is 259 g/mol. The van der Waals surface area contributed by atoms with Gasteiger partial charge in [0.05, 0.1) is 15.6 Å². The van der Waals surface area contributed by atoms with Crippen LogP contribution in [-0.4, -0.2) is 10.8 Å². The first-order valence-electron chi connectivity index (χ1n) is 5.96. The molecular weight excluding hydrogens is 242 g/mol. The van der Waals surface area contributed by atoms with Gasteiger partial charge in [0.2, 0.25) is 5.78 Å². The molecule has 0 radical (unpaired) electrons. The summed E-state index contributed by atoms with van der Waals surface area (Å²) in [5.74, 6) is 0.0960. The van der Waals surface area contributed by atoms with E-state index >= 15 is 0 Å². The Balaban J connectivity index is 2.53. The maximum atomic E-state index is 12.5. The van der Waals surface area contributed by atoms with Crippen LogP contribution in [0, 0.1) is 34.6 Å². The first-order chi connectivity index (χ1) is 8.40. The number of nitrogens with zero attached hydrogens (tertiary/aromatic N) is 1. The van der Waals surface area contributed by atoms with Crippen molar-refractivity contribution in [1.82, 2.24) is 4.98 Å². The van der Waals surface area contributed by atoms with Crippen molar-refractivity contribution >= 4 is 17.1 Å². The van der Waals surface area contributed by atoms with Crippen molar-refractivity contribution in [3.05, 3.63) is 50.0 Å². The van der Waals surface area contributed by atoms with Crippen LogP contribution in [0.2, 0.25) is 0 Å². The number of thiazole rings is 1. The number of hydrogen-bond donors (Lipinski definition) is 0. The molecular formula is C15H17NOS. The minimum atomic E-state index is 0.0960. The topological polar surface area (TPSA) is 30.0 Å². The quantitative estimate of drug-likeness (QED) is 0.765. The van der Waals surface area contributed by atoms with Gasteiger partial charge in [0.25, 0.3) is 0 Å². The molecule has 1 aromatic carbocycles. The third-order valence-electron chi connectivity index (χ3n) is 3.20. The Labute approximate surface area is 112 Å². The third-order valence-corrected chi connectivity index (χ3v) is 4.27. The highest BCUT2D eigenvalue weighted by Gasteiger charge is 2.18. The standard InChI is InChI=1S/C15H17NOS/c1-8-6-10(3)13(7-9(8)2)14(17)15-11(4)16-12(5)18-15/h6-7H,1-5H3. The first kappa shape index (κ1) is 13.0. The van der Waals surface area contributed by atoms with Gasteiger partial charge in [-0.25, -0.2) is 4.98 Å². The highest BCUT2D eigenvalue weighted by Crippen LogP contribution is 2.24. The predicted molar refractivity (Wildman–Crippen MR) is 75.7 cm³/mol. The minimum Gasteiger partial charge on any atom is -0.288 e. The van der Waals surface area contributed by atoms with E-state index in [4.69, 9.17) is 0 Å². The van der Waals surface area contributed by atoms with Gasteiger partial charge in [-0.2, -0.15) is 0 Å².